The Morgan fingerprint density at radius 2 is 0.833 bits per heavy atom. The lowest BCUT2D eigenvalue weighted by Gasteiger charge is -2.39. The Bertz CT molecular complexity index is 1280. The standard InChI is InChI=1S/C30H50O8S2Si2/c1-23-13-17-25(18-14-23)39(31,32)37-27(21-35-41(9,10)29(3,4)5)28(22-36-42(11,12)30(6,7)8)38-40(33,34)26-19-15-24(2)16-20-26/h13-20,27-28H,21-22H2,1-12H3/t27-,28?/m0/s1. The van der Waals surface area contributed by atoms with Crippen molar-refractivity contribution in [2.75, 3.05) is 13.2 Å². The Labute approximate surface area is 256 Å². The van der Waals surface area contributed by atoms with Crippen LogP contribution in [-0.4, -0.2) is 58.9 Å². The summed E-state index contributed by atoms with van der Waals surface area (Å²) in [4.78, 5) is -0.0910. The third-order valence-corrected chi connectivity index (χ3v) is 20.1. The van der Waals surface area contributed by atoms with Gasteiger partial charge in [0, 0.05) is 0 Å². The fraction of sp³-hybridized carbons (Fsp3) is 0.600. The van der Waals surface area contributed by atoms with Gasteiger partial charge in [-0.05, 0) is 74.4 Å². The van der Waals surface area contributed by atoms with Crippen molar-refractivity contribution in [2.24, 2.45) is 0 Å². The molecule has 0 aromatic heterocycles. The van der Waals surface area contributed by atoms with Gasteiger partial charge in [-0.25, -0.2) is 0 Å². The van der Waals surface area contributed by atoms with Crippen LogP contribution in [0.4, 0.5) is 0 Å². The van der Waals surface area contributed by atoms with Crippen LogP contribution in [0, 0.1) is 13.8 Å². The molecular formula is C30H50O8S2Si2. The van der Waals surface area contributed by atoms with Crippen molar-refractivity contribution in [3.63, 3.8) is 0 Å². The average Bonchev–Trinajstić information content (AvgIpc) is 2.83. The highest BCUT2D eigenvalue weighted by Crippen LogP contribution is 2.38. The summed E-state index contributed by atoms with van der Waals surface area (Å²) in [6.07, 6.45) is -2.62. The third-order valence-electron chi connectivity index (χ3n) is 8.36. The van der Waals surface area contributed by atoms with E-state index >= 15 is 0 Å². The lowest BCUT2D eigenvalue weighted by Crippen LogP contribution is -2.49. The second-order valence-electron chi connectivity index (χ2n) is 13.9. The van der Waals surface area contributed by atoms with Gasteiger partial charge in [0.2, 0.25) is 0 Å². The van der Waals surface area contributed by atoms with Crippen molar-refractivity contribution < 1.29 is 34.1 Å². The Hall–Kier alpha value is -1.39. The molecule has 42 heavy (non-hydrogen) atoms. The molecule has 2 aromatic rings. The highest BCUT2D eigenvalue weighted by Gasteiger charge is 2.43. The molecule has 12 heteroatoms. The van der Waals surface area contributed by atoms with Crippen LogP contribution in [0.25, 0.3) is 0 Å². The van der Waals surface area contributed by atoms with Gasteiger partial charge in [0.1, 0.15) is 12.2 Å². The zero-order valence-corrected chi connectivity index (χ0v) is 30.9. The maximum atomic E-state index is 13.5. The lowest BCUT2D eigenvalue weighted by atomic mass is 10.2. The molecule has 2 atom stereocenters. The average molecular weight is 659 g/mol. The molecule has 8 nitrogen and oxygen atoms in total. The van der Waals surface area contributed by atoms with E-state index in [1.807, 2.05) is 40.0 Å². The minimum Gasteiger partial charge on any atom is -0.414 e. The van der Waals surface area contributed by atoms with E-state index in [0.717, 1.165) is 11.1 Å². The minimum atomic E-state index is -4.32. The molecule has 0 bridgehead atoms. The summed E-state index contributed by atoms with van der Waals surface area (Å²) in [6.45, 7) is 23.8. The Morgan fingerprint density at radius 1 is 0.571 bits per heavy atom. The maximum Gasteiger partial charge on any atom is 0.297 e. The smallest absolute Gasteiger partial charge is 0.297 e. The first-order chi connectivity index (χ1) is 18.9. The van der Waals surface area contributed by atoms with E-state index in [1.165, 1.54) is 24.3 Å². The molecular weight excluding hydrogens is 609 g/mol. The van der Waals surface area contributed by atoms with Gasteiger partial charge in [-0.3, -0.25) is 8.37 Å². The number of hydrogen-bond donors (Lipinski definition) is 0. The van der Waals surface area contributed by atoms with Crippen LogP contribution < -0.4 is 0 Å². The summed E-state index contributed by atoms with van der Waals surface area (Å²) in [7, 11) is -13.4. The lowest BCUT2D eigenvalue weighted by molar-refractivity contribution is 0.000119. The molecule has 0 N–H and O–H groups in total. The zero-order chi connectivity index (χ0) is 32.4. The molecule has 238 valence electrons. The summed E-state index contributed by atoms with van der Waals surface area (Å²) in [6, 6.07) is 12.5. The van der Waals surface area contributed by atoms with Crippen molar-refractivity contribution in [2.45, 2.75) is 114 Å². The molecule has 0 fully saturated rings. The Balaban J connectivity index is 2.60. The van der Waals surface area contributed by atoms with Crippen molar-refractivity contribution >= 4 is 36.9 Å². The molecule has 0 heterocycles. The summed E-state index contributed by atoms with van der Waals surface area (Å²) < 4.78 is 78.4. The van der Waals surface area contributed by atoms with Gasteiger partial charge in [0.05, 0.1) is 23.0 Å². The molecule has 0 amide bonds. The largest absolute Gasteiger partial charge is 0.414 e. The fourth-order valence-corrected chi connectivity index (χ4v) is 7.45. The Morgan fingerprint density at radius 3 is 1.07 bits per heavy atom. The van der Waals surface area contributed by atoms with Gasteiger partial charge in [-0.15, -0.1) is 0 Å². The quantitative estimate of drug-likeness (QED) is 0.164. The van der Waals surface area contributed by atoms with Crippen LogP contribution in [0.1, 0.15) is 52.7 Å². The zero-order valence-electron chi connectivity index (χ0n) is 27.3. The number of aryl methyl sites for hydroxylation is 2. The first kappa shape index (κ1) is 36.8. The predicted octanol–water partition coefficient (Wildman–Crippen LogP) is 7.20. The molecule has 2 aromatic carbocycles. The number of benzene rings is 2. The van der Waals surface area contributed by atoms with Gasteiger partial charge < -0.3 is 8.85 Å². The minimum absolute atomic E-state index is 0.0455. The van der Waals surface area contributed by atoms with Crippen LogP contribution in [-0.2, 0) is 37.5 Å². The van der Waals surface area contributed by atoms with Crippen LogP contribution >= 0.6 is 0 Å². The van der Waals surface area contributed by atoms with Gasteiger partial charge >= 0.3 is 0 Å². The van der Waals surface area contributed by atoms with Crippen LogP contribution in [0.2, 0.25) is 36.3 Å². The van der Waals surface area contributed by atoms with Crippen LogP contribution in [0.15, 0.2) is 58.3 Å². The topological polar surface area (TPSA) is 105 Å². The maximum absolute atomic E-state index is 13.5. The van der Waals surface area contributed by atoms with E-state index in [9.17, 15) is 16.8 Å². The Kier molecular flexibility index (Phi) is 11.7. The summed E-state index contributed by atoms with van der Waals surface area (Å²) in [5.74, 6) is 0. The molecule has 0 saturated carbocycles. The summed E-state index contributed by atoms with van der Waals surface area (Å²) in [5, 5.41) is -0.370. The van der Waals surface area contributed by atoms with E-state index in [0.29, 0.717) is 0 Å². The first-order valence-corrected chi connectivity index (χ1v) is 22.8. The molecule has 0 saturated heterocycles. The summed E-state index contributed by atoms with van der Waals surface area (Å²) in [5.41, 5.74) is 1.78. The number of rotatable bonds is 13. The molecule has 0 spiro atoms. The molecule has 0 aliphatic heterocycles. The molecule has 0 radical (unpaired) electrons. The second kappa shape index (κ2) is 13.3. The van der Waals surface area contributed by atoms with E-state index in [-0.39, 0.29) is 33.1 Å². The first-order valence-electron chi connectivity index (χ1n) is 14.2. The molecule has 0 aliphatic rings. The highest BCUT2D eigenvalue weighted by atomic mass is 32.2. The van der Waals surface area contributed by atoms with E-state index in [2.05, 4.69) is 41.5 Å². The van der Waals surface area contributed by atoms with Crippen LogP contribution in [0.3, 0.4) is 0 Å². The summed E-state index contributed by atoms with van der Waals surface area (Å²) >= 11 is 0. The fourth-order valence-electron chi connectivity index (χ4n) is 3.25. The van der Waals surface area contributed by atoms with E-state index < -0.39 is 49.1 Å². The van der Waals surface area contributed by atoms with E-state index in [1.54, 1.807) is 24.3 Å². The predicted molar refractivity (Wildman–Crippen MR) is 173 cm³/mol. The highest BCUT2D eigenvalue weighted by molar-refractivity contribution is 7.87. The monoisotopic (exact) mass is 658 g/mol. The normalized spacial score (nSPS) is 15.4. The second-order valence-corrected chi connectivity index (χ2v) is 26.7. The molecule has 2 rings (SSSR count). The van der Waals surface area contributed by atoms with Crippen molar-refractivity contribution in [1.29, 1.82) is 0 Å². The van der Waals surface area contributed by atoms with Crippen LogP contribution in [0.5, 0.6) is 0 Å². The van der Waals surface area contributed by atoms with Gasteiger partial charge in [-0.1, -0.05) is 76.9 Å². The number of hydrogen-bond acceptors (Lipinski definition) is 8. The molecule has 0 aliphatic carbocycles. The van der Waals surface area contributed by atoms with Crippen molar-refractivity contribution in [3.05, 3.63) is 59.7 Å². The van der Waals surface area contributed by atoms with Crippen molar-refractivity contribution in [3.8, 4) is 0 Å². The van der Waals surface area contributed by atoms with Gasteiger partial charge in [-0.2, -0.15) is 16.8 Å². The molecule has 1 unspecified atom stereocenters. The SMILES string of the molecule is Cc1ccc(S(=O)(=O)OC(CO[Si](C)(C)C(C)(C)C)[C@H](CO[Si](C)(C)C(C)(C)C)OS(=O)(=O)c2ccc(C)cc2)cc1. The van der Waals surface area contributed by atoms with Gasteiger partial charge in [0.15, 0.2) is 16.6 Å². The van der Waals surface area contributed by atoms with Gasteiger partial charge in [0.25, 0.3) is 20.2 Å². The van der Waals surface area contributed by atoms with E-state index in [4.69, 9.17) is 17.2 Å². The third kappa shape index (κ3) is 9.81. The van der Waals surface area contributed by atoms with Crippen molar-refractivity contribution in [1.82, 2.24) is 0 Å².